The number of aromatic nitrogens is 1. The van der Waals surface area contributed by atoms with E-state index >= 15 is 0 Å². The maximum atomic E-state index is 13.5. The van der Waals surface area contributed by atoms with Gasteiger partial charge in [0, 0.05) is 12.1 Å². The third-order valence-corrected chi connectivity index (χ3v) is 3.97. The Labute approximate surface area is 111 Å². The highest BCUT2D eigenvalue weighted by atomic mass is 35.5. The summed E-state index contributed by atoms with van der Waals surface area (Å²) in [4.78, 5) is 15.7. The second kappa shape index (κ2) is 5.65. The van der Waals surface area contributed by atoms with E-state index in [2.05, 4.69) is 10.3 Å². The van der Waals surface area contributed by atoms with Crippen LogP contribution in [0.1, 0.15) is 42.5 Å². The predicted octanol–water partition coefficient (Wildman–Crippen LogP) is 2.89. The van der Waals surface area contributed by atoms with E-state index in [1.165, 1.54) is 12.3 Å². The summed E-state index contributed by atoms with van der Waals surface area (Å²) in [5.41, 5.74) is -0.355. The molecular weight excluding hydrogens is 255 g/mol. The first kappa shape index (κ1) is 13.3. The molecule has 1 amide bonds. The molecule has 0 aliphatic heterocycles. The van der Waals surface area contributed by atoms with Gasteiger partial charge in [-0.2, -0.15) is 0 Å². The maximum absolute atomic E-state index is 13.5. The van der Waals surface area contributed by atoms with Crippen molar-refractivity contribution < 1.29 is 9.18 Å². The smallest absolute Gasteiger partial charge is 0.254 e. The molecule has 1 aromatic rings. The molecule has 3 nitrogen and oxygen atoms in total. The van der Waals surface area contributed by atoms with Crippen LogP contribution in [0.15, 0.2) is 18.5 Å². The van der Waals surface area contributed by atoms with Gasteiger partial charge in [-0.1, -0.05) is 19.3 Å². The lowest BCUT2D eigenvalue weighted by Gasteiger charge is -2.36. The van der Waals surface area contributed by atoms with E-state index in [0.29, 0.717) is 5.88 Å². The molecular formula is C13H16ClFN2O. The van der Waals surface area contributed by atoms with Crippen molar-refractivity contribution in [2.75, 3.05) is 5.88 Å². The average Bonchev–Trinajstić information content (AvgIpc) is 2.40. The van der Waals surface area contributed by atoms with Crippen molar-refractivity contribution in [3.63, 3.8) is 0 Å². The molecule has 1 aromatic heterocycles. The van der Waals surface area contributed by atoms with Crippen molar-refractivity contribution >= 4 is 17.5 Å². The molecule has 0 unspecified atom stereocenters. The van der Waals surface area contributed by atoms with Gasteiger partial charge < -0.3 is 5.32 Å². The van der Waals surface area contributed by atoms with E-state index in [9.17, 15) is 9.18 Å². The molecule has 1 fully saturated rings. The van der Waals surface area contributed by atoms with Crippen LogP contribution >= 0.6 is 11.6 Å². The third-order valence-electron chi connectivity index (χ3n) is 3.46. The Balaban J connectivity index is 2.13. The Morgan fingerprint density at radius 2 is 2.17 bits per heavy atom. The van der Waals surface area contributed by atoms with Gasteiger partial charge >= 0.3 is 0 Å². The van der Waals surface area contributed by atoms with E-state index in [-0.39, 0.29) is 11.1 Å². The number of alkyl halides is 1. The molecule has 0 bridgehead atoms. The van der Waals surface area contributed by atoms with Crippen molar-refractivity contribution in [3.05, 3.63) is 29.8 Å². The molecule has 0 spiro atoms. The van der Waals surface area contributed by atoms with Gasteiger partial charge in [0.15, 0.2) is 5.82 Å². The zero-order valence-electron chi connectivity index (χ0n) is 10.1. The number of nitrogens with one attached hydrogen (secondary N) is 1. The fourth-order valence-corrected chi connectivity index (χ4v) is 2.72. The van der Waals surface area contributed by atoms with Gasteiger partial charge in [0.1, 0.15) is 0 Å². The highest BCUT2D eigenvalue weighted by Gasteiger charge is 2.33. The van der Waals surface area contributed by atoms with Crippen LogP contribution in [0.2, 0.25) is 0 Å². The Hall–Kier alpha value is -1.16. The quantitative estimate of drug-likeness (QED) is 0.858. The first-order valence-corrected chi connectivity index (χ1v) is 6.68. The summed E-state index contributed by atoms with van der Waals surface area (Å²) in [6, 6.07) is 1.38. The molecule has 98 valence electrons. The number of halogens is 2. The van der Waals surface area contributed by atoms with Gasteiger partial charge in [0.05, 0.1) is 17.3 Å². The summed E-state index contributed by atoms with van der Waals surface area (Å²) < 4.78 is 13.5. The average molecular weight is 271 g/mol. The van der Waals surface area contributed by atoms with E-state index in [1.807, 2.05) is 0 Å². The Morgan fingerprint density at radius 1 is 1.44 bits per heavy atom. The highest BCUT2D eigenvalue weighted by Crippen LogP contribution is 2.29. The number of nitrogens with zero attached hydrogens (tertiary/aromatic N) is 1. The zero-order valence-corrected chi connectivity index (χ0v) is 10.8. The van der Waals surface area contributed by atoms with E-state index in [1.54, 1.807) is 0 Å². The second-order valence-electron chi connectivity index (χ2n) is 4.78. The standard InChI is InChI=1S/C13H16ClFN2O/c14-9-13(5-2-1-3-6-13)17-12(18)10-4-7-16-8-11(10)15/h4,7-8H,1-3,5-6,9H2,(H,17,18). The molecule has 2 rings (SSSR count). The van der Waals surface area contributed by atoms with Crippen molar-refractivity contribution in [2.24, 2.45) is 0 Å². The van der Waals surface area contributed by atoms with E-state index < -0.39 is 11.7 Å². The SMILES string of the molecule is O=C(NC1(CCl)CCCCC1)c1ccncc1F. The lowest BCUT2D eigenvalue weighted by atomic mass is 9.83. The van der Waals surface area contributed by atoms with Crippen molar-refractivity contribution in [1.29, 1.82) is 0 Å². The largest absolute Gasteiger partial charge is 0.345 e. The number of amides is 1. The molecule has 1 N–H and O–H groups in total. The fraction of sp³-hybridized carbons (Fsp3) is 0.538. The molecule has 0 saturated heterocycles. The molecule has 18 heavy (non-hydrogen) atoms. The van der Waals surface area contributed by atoms with Crippen LogP contribution < -0.4 is 5.32 Å². The van der Waals surface area contributed by atoms with E-state index in [4.69, 9.17) is 11.6 Å². The monoisotopic (exact) mass is 270 g/mol. The molecule has 1 aliphatic rings. The summed E-state index contributed by atoms with van der Waals surface area (Å²) in [7, 11) is 0. The van der Waals surface area contributed by atoms with Gasteiger partial charge in [-0.25, -0.2) is 4.39 Å². The predicted molar refractivity (Wildman–Crippen MR) is 68.2 cm³/mol. The van der Waals surface area contributed by atoms with Crippen molar-refractivity contribution in [1.82, 2.24) is 10.3 Å². The van der Waals surface area contributed by atoms with Crippen LogP contribution in [0.5, 0.6) is 0 Å². The summed E-state index contributed by atoms with van der Waals surface area (Å²) in [5, 5.41) is 2.90. The van der Waals surface area contributed by atoms with Crippen LogP contribution in [-0.2, 0) is 0 Å². The first-order chi connectivity index (χ1) is 8.67. The summed E-state index contributed by atoms with van der Waals surface area (Å²) in [5.74, 6) is -0.640. The van der Waals surface area contributed by atoms with Crippen molar-refractivity contribution in [2.45, 2.75) is 37.6 Å². The number of carbonyl (C=O) groups excluding carboxylic acids is 1. The van der Waals surface area contributed by atoms with Gasteiger partial charge in [-0.3, -0.25) is 9.78 Å². The second-order valence-corrected chi connectivity index (χ2v) is 5.05. The van der Waals surface area contributed by atoms with E-state index in [0.717, 1.165) is 38.3 Å². The Morgan fingerprint density at radius 3 is 2.78 bits per heavy atom. The highest BCUT2D eigenvalue weighted by molar-refractivity contribution is 6.19. The van der Waals surface area contributed by atoms with Gasteiger partial charge in [0.2, 0.25) is 0 Å². The number of rotatable bonds is 3. The van der Waals surface area contributed by atoms with Gasteiger partial charge in [-0.15, -0.1) is 11.6 Å². The zero-order chi connectivity index (χ0) is 13.0. The molecule has 5 heteroatoms. The molecule has 0 radical (unpaired) electrons. The normalized spacial score (nSPS) is 18.3. The minimum Gasteiger partial charge on any atom is -0.345 e. The maximum Gasteiger partial charge on any atom is 0.254 e. The number of pyridine rings is 1. The van der Waals surface area contributed by atoms with Crippen LogP contribution in [-0.4, -0.2) is 22.3 Å². The van der Waals surface area contributed by atoms with Crippen LogP contribution in [0.3, 0.4) is 0 Å². The lowest BCUT2D eigenvalue weighted by molar-refractivity contribution is 0.0880. The first-order valence-electron chi connectivity index (χ1n) is 6.15. The number of hydrogen-bond acceptors (Lipinski definition) is 2. The minimum absolute atomic E-state index is 0.0278. The summed E-state index contributed by atoms with van der Waals surface area (Å²) >= 11 is 5.99. The number of hydrogen-bond donors (Lipinski definition) is 1. The Kier molecular flexibility index (Phi) is 4.17. The summed E-state index contributed by atoms with van der Waals surface area (Å²) in [6.45, 7) is 0. The van der Waals surface area contributed by atoms with Gasteiger partial charge in [-0.05, 0) is 18.9 Å². The Bertz CT molecular complexity index is 433. The molecule has 1 saturated carbocycles. The van der Waals surface area contributed by atoms with Crippen molar-refractivity contribution in [3.8, 4) is 0 Å². The van der Waals surface area contributed by atoms with Crippen LogP contribution in [0.25, 0.3) is 0 Å². The summed E-state index contributed by atoms with van der Waals surface area (Å²) in [6.07, 6.45) is 7.43. The lowest BCUT2D eigenvalue weighted by Crippen LogP contribution is -2.51. The molecule has 0 atom stereocenters. The van der Waals surface area contributed by atoms with Gasteiger partial charge in [0.25, 0.3) is 5.91 Å². The molecule has 1 aliphatic carbocycles. The fourth-order valence-electron chi connectivity index (χ4n) is 2.39. The minimum atomic E-state index is -0.601. The topological polar surface area (TPSA) is 42.0 Å². The molecule has 1 heterocycles. The van der Waals surface area contributed by atoms with Crippen LogP contribution in [0, 0.1) is 5.82 Å². The number of carbonyl (C=O) groups is 1. The third kappa shape index (κ3) is 2.80. The molecule has 0 aromatic carbocycles. The van der Waals surface area contributed by atoms with Crippen LogP contribution in [0.4, 0.5) is 4.39 Å².